The van der Waals surface area contributed by atoms with Crippen LogP contribution < -0.4 is 20.1 Å². The van der Waals surface area contributed by atoms with Gasteiger partial charge in [0.1, 0.15) is 0 Å². The van der Waals surface area contributed by atoms with Crippen molar-refractivity contribution in [3.8, 4) is 11.5 Å². The second kappa shape index (κ2) is 8.35. The van der Waals surface area contributed by atoms with Crippen molar-refractivity contribution < 1.29 is 19.1 Å². The molecular weight excluding hydrogens is 376 g/mol. The van der Waals surface area contributed by atoms with Gasteiger partial charge in [-0.25, -0.2) is 0 Å². The smallest absolute Gasteiger partial charge is 0.251 e. The van der Waals surface area contributed by atoms with E-state index >= 15 is 0 Å². The summed E-state index contributed by atoms with van der Waals surface area (Å²) in [6, 6.07) is 12.0. The Balaban J connectivity index is 1.95. The zero-order valence-electron chi connectivity index (χ0n) is 13.3. The van der Waals surface area contributed by atoms with Crippen LogP contribution in [0.3, 0.4) is 0 Å². The number of carbonyl (C=O) groups is 2. The van der Waals surface area contributed by atoms with E-state index in [2.05, 4.69) is 26.6 Å². The van der Waals surface area contributed by atoms with Gasteiger partial charge >= 0.3 is 0 Å². The zero-order chi connectivity index (χ0) is 17.5. The molecule has 2 aromatic rings. The van der Waals surface area contributed by atoms with Crippen LogP contribution in [-0.2, 0) is 4.79 Å². The van der Waals surface area contributed by atoms with E-state index in [4.69, 9.17) is 9.47 Å². The number of hydrogen-bond donors (Lipinski definition) is 2. The third-order valence-electron chi connectivity index (χ3n) is 3.20. The molecule has 7 heteroatoms. The van der Waals surface area contributed by atoms with E-state index in [1.165, 1.54) is 14.2 Å². The Bertz CT molecular complexity index is 749. The highest BCUT2D eigenvalue weighted by molar-refractivity contribution is 9.10. The third kappa shape index (κ3) is 4.48. The molecule has 2 rings (SSSR count). The van der Waals surface area contributed by atoms with Crippen LogP contribution in [0.2, 0.25) is 0 Å². The van der Waals surface area contributed by atoms with Gasteiger partial charge in [0, 0.05) is 10.0 Å². The van der Waals surface area contributed by atoms with Crippen LogP contribution in [0.1, 0.15) is 10.4 Å². The van der Waals surface area contributed by atoms with Gasteiger partial charge in [-0.15, -0.1) is 0 Å². The summed E-state index contributed by atoms with van der Waals surface area (Å²) in [6.07, 6.45) is 0. The van der Waals surface area contributed by atoms with Gasteiger partial charge < -0.3 is 20.1 Å². The molecule has 0 unspecified atom stereocenters. The first-order valence-corrected chi connectivity index (χ1v) is 7.89. The lowest BCUT2D eigenvalue weighted by Crippen LogP contribution is -2.32. The predicted molar refractivity (Wildman–Crippen MR) is 94.7 cm³/mol. The highest BCUT2D eigenvalue weighted by atomic mass is 79.9. The van der Waals surface area contributed by atoms with Gasteiger partial charge in [-0.05, 0) is 46.3 Å². The first-order valence-electron chi connectivity index (χ1n) is 7.09. The van der Waals surface area contributed by atoms with Gasteiger partial charge in [0.2, 0.25) is 5.91 Å². The summed E-state index contributed by atoms with van der Waals surface area (Å²) in [6.45, 7) is -0.144. The number of halogens is 1. The molecular formula is C17H17BrN2O4. The van der Waals surface area contributed by atoms with Crippen LogP contribution in [0.5, 0.6) is 11.5 Å². The second-order valence-corrected chi connectivity index (χ2v) is 5.63. The molecule has 0 heterocycles. The molecule has 0 radical (unpaired) electrons. The molecule has 24 heavy (non-hydrogen) atoms. The molecule has 6 nitrogen and oxygen atoms in total. The Hall–Kier alpha value is -2.54. The van der Waals surface area contributed by atoms with Crippen LogP contribution in [0.15, 0.2) is 46.9 Å². The number of ether oxygens (including phenoxy) is 2. The maximum Gasteiger partial charge on any atom is 0.251 e. The van der Waals surface area contributed by atoms with Crippen molar-refractivity contribution >= 4 is 33.4 Å². The van der Waals surface area contributed by atoms with Gasteiger partial charge in [-0.1, -0.05) is 12.1 Å². The predicted octanol–water partition coefficient (Wildman–Crippen LogP) is 2.83. The highest BCUT2D eigenvalue weighted by Gasteiger charge is 2.12. The molecule has 0 aliphatic heterocycles. The number of nitrogens with one attached hydrogen (secondary N) is 2. The maximum absolute atomic E-state index is 12.1. The largest absolute Gasteiger partial charge is 0.493 e. The van der Waals surface area contributed by atoms with Crippen molar-refractivity contribution in [2.45, 2.75) is 0 Å². The van der Waals surface area contributed by atoms with Crippen molar-refractivity contribution in [2.75, 3.05) is 26.1 Å². The monoisotopic (exact) mass is 392 g/mol. The summed E-state index contributed by atoms with van der Waals surface area (Å²) in [5.41, 5.74) is 1.02. The molecule has 0 fully saturated rings. The van der Waals surface area contributed by atoms with Crippen molar-refractivity contribution in [3.63, 3.8) is 0 Å². The number of rotatable bonds is 6. The lowest BCUT2D eigenvalue weighted by Gasteiger charge is -2.10. The summed E-state index contributed by atoms with van der Waals surface area (Å²) in [4.78, 5) is 24.1. The minimum atomic E-state index is -0.377. The number of benzene rings is 2. The fourth-order valence-corrected chi connectivity index (χ4v) is 2.38. The fourth-order valence-electron chi connectivity index (χ4n) is 2.00. The zero-order valence-corrected chi connectivity index (χ0v) is 14.8. The molecule has 2 N–H and O–H groups in total. The van der Waals surface area contributed by atoms with Gasteiger partial charge in [-0.3, -0.25) is 9.59 Å². The normalized spacial score (nSPS) is 9.96. The van der Waals surface area contributed by atoms with Gasteiger partial charge in [0.25, 0.3) is 5.91 Å². The van der Waals surface area contributed by atoms with Crippen LogP contribution in [0, 0.1) is 0 Å². The standard InChI is InChI=1S/C17H17BrN2O4/c1-23-14-8-7-11(9-15(14)24-2)17(22)19-10-16(21)20-13-6-4-3-5-12(13)18/h3-9H,10H2,1-2H3,(H,19,22)(H,20,21). The first-order chi connectivity index (χ1) is 11.5. The summed E-state index contributed by atoms with van der Waals surface area (Å²) in [5, 5.41) is 5.28. The summed E-state index contributed by atoms with van der Waals surface area (Å²) in [5.74, 6) is 0.275. The number of hydrogen-bond acceptors (Lipinski definition) is 4. The lowest BCUT2D eigenvalue weighted by molar-refractivity contribution is -0.115. The Morgan fingerprint density at radius 2 is 1.75 bits per heavy atom. The fraction of sp³-hybridized carbons (Fsp3) is 0.176. The molecule has 0 aromatic heterocycles. The van der Waals surface area contributed by atoms with Crippen molar-refractivity contribution in [3.05, 3.63) is 52.5 Å². The Morgan fingerprint density at radius 3 is 2.42 bits per heavy atom. The van der Waals surface area contributed by atoms with E-state index in [1.54, 1.807) is 24.3 Å². The molecule has 2 amide bonds. The molecule has 126 valence electrons. The SMILES string of the molecule is COc1ccc(C(=O)NCC(=O)Nc2ccccc2Br)cc1OC. The average Bonchev–Trinajstić information content (AvgIpc) is 2.61. The van der Waals surface area contributed by atoms with E-state index < -0.39 is 0 Å². The second-order valence-electron chi connectivity index (χ2n) is 4.78. The Morgan fingerprint density at radius 1 is 1.04 bits per heavy atom. The van der Waals surface area contributed by atoms with Crippen LogP contribution in [0.4, 0.5) is 5.69 Å². The van der Waals surface area contributed by atoms with Crippen molar-refractivity contribution in [1.82, 2.24) is 5.32 Å². The minimum absolute atomic E-state index is 0.144. The molecule has 0 aliphatic carbocycles. The number of amides is 2. The molecule has 0 saturated heterocycles. The van der Waals surface area contributed by atoms with Crippen molar-refractivity contribution in [2.24, 2.45) is 0 Å². The summed E-state index contributed by atoms with van der Waals surface area (Å²) < 4.78 is 11.0. The lowest BCUT2D eigenvalue weighted by atomic mass is 10.2. The summed E-state index contributed by atoms with van der Waals surface area (Å²) in [7, 11) is 3.01. The van der Waals surface area contributed by atoms with Gasteiger partial charge in [0.15, 0.2) is 11.5 Å². The van der Waals surface area contributed by atoms with Gasteiger partial charge in [-0.2, -0.15) is 0 Å². The molecule has 0 bridgehead atoms. The number of methoxy groups -OCH3 is 2. The third-order valence-corrected chi connectivity index (χ3v) is 3.89. The first kappa shape index (κ1) is 17.8. The van der Waals surface area contributed by atoms with Crippen LogP contribution >= 0.6 is 15.9 Å². The topological polar surface area (TPSA) is 76.7 Å². The quantitative estimate of drug-likeness (QED) is 0.792. The summed E-state index contributed by atoms with van der Waals surface area (Å²) >= 11 is 3.34. The van der Waals surface area contributed by atoms with Crippen LogP contribution in [-0.4, -0.2) is 32.6 Å². The highest BCUT2D eigenvalue weighted by Crippen LogP contribution is 2.27. The van der Waals surface area contributed by atoms with E-state index in [9.17, 15) is 9.59 Å². The molecule has 0 aliphatic rings. The van der Waals surface area contributed by atoms with E-state index in [-0.39, 0.29) is 18.4 Å². The Labute approximate surface area is 148 Å². The van der Waals surface area contributed by atoms with E-state index in [1.807, 2.05) is 18.2 Å². The molecule has 0 atom stereocenters. The minimum Gasteiger partial charge on any atom is -0.493 e. The Kier molecular flexibility index (Phi) is 6.20. The number of anilines is 1. The van der Waals surface area contributed by atoms with E-state index in [0.29, 0.717) is 22.7 Å². The molecule has 0 saturated carbocycles. The van der Waals surface area contributed by atoms with Gasteiger partial charge in [0.05, 0.1) is 26.5 Å². The maximum atomic E-state index is 12.1. The number of carbonyl (C=O) groups excluding carboxylic acids is 2. The van der Waals surface area contributed by atoms with Crippen LogP contribution in [0.25, 0.3) is 0 Å². The van der Waals surface area contributed by atoms with Crippen molar-refractivity contribution in [1.29, 1.82) is 0 Å². The molecule has 2 aromatic carbocycles. The number of para-hydroxylation sites is 1. The average molecular weight is 393 g/mol. The van der Waals surface area contributed by atoms with E-state index in [0.717, 1.165) is 4.47 Å². The molecule has 0 spiro atoms.